The molecule has 1 aromatic carbocycles. The lowest BCUT2D eigenvalue weighted by Gasteiger charge is -2.18. The van der Waals surface area contributed by atoms with E-state index >= 15 is 0 Å². The predicted molar refractivity (Wildman–Crippen MR) is 73.5 cm³/mol. The van der Waals surface area contributed by atoms with Gasteiger partial charge in [0.2, 0.25) is 0 Å². The minimum absolute atomic E-state index is 0. The molecule has 0 aliphatic heterocycles. The second-order valence-electron chi connectivity index (χ2n) is 4.40. The van der Waals surface area contributed by atoms with Crippen LogP contribution in [0.1, 0.15) is 30.6 Å². The van der Waals surface area contributed by atoms with Gasteiger partial charge in [-0.3, -0.25) is 4.79 Å². The van der Waals surface area contributed by atoms with Crippen LogP contribution in [0.2, 0.25) is 0 Å². The molecule has 1 unspecified atom stereocenters. The van der Waals surface area contributed by atoms with Crippen LogP contribution in [0.4, 0.5) is 0 Å². The highest BCUT2D eigenvalue weighted by molar-refractivity contribution is 5.94. The number of amides is 1. The molecule has 0 aliphatic carbocycles. The zero-order valence-electron chi connectivity index (χ0n) is 10.3. The van der Waals surface area contributed by atoms with Crippen LogP contribution in [0.3, 0.4) is 0 Å². The van der Waals surface area contributed by atoms with E-state index in [-0.39, 0.29) is 24.4 Å². The topological polar surface area (TPSA) is 55.1 Å². The molecular formula is C13H21ClN2O. The van der Waals surface area contributed by atoms with E-state index in [0.29, 0.717) is 18.0 Å². The number of rotatable bonds is 5. The molecule has 0 heterocycles. The Kier molecular flexibility index (Phi) is 7.59. The molecule has 4 heteroatoms. The van der Waals surface area contributed by atoms with Crippen molar-refractivity contribution >= 4 is 18.3 Å². The normalized spacial score (nSPS) is 11.8. The second kappa shape index (κ2) is 8.09. The van der Waals surface area contributed by atoms with Crippen LogP contribution in [-0.2, 0) is 0 Å². The Hall–Kier alpha value is -1.06. The van der Waals surface area contributed by atoms with Gasteiger partial charge in [0.25, 0.3) is 5.91 Å². The fourth-order valence-electron chi connectivity index (χ4n) is 1.64. The van der Waals surface area contributed by atoms with Crippen LogP contribution in [-0.4, -0.2) is 18.5 Å². The van der Waals surface area contributed by atoms with Gasteiger partial charge in [-0.2, -0.15) is 0 Å². The first-order chi connectivity index (χ1) is 7.63. The lowest BCUT2D eigenvalue weighted by Crippen LogP contribution is -2.41. The summed E-state index contributed by atoms with van der Waals surface area (Å²) in [5.41, 5.74) is 6.32. The van der Waals surface area contributed by atoms with Crippen molar-refractivity contribution in [2.24, 2.45) is 11.7 Å². The number of carbonyl (C=O) groups excluding carboxylic acids is 1. The van der Waals surface area contributed by atoms with Gasteiger partial charge in [0.15, 0.2) is 0 Å². The summed E-state index contributed by atoms with van der Waals surface area (Å²) in [5.74, 6) is 0.487. The number of hydrogen-bond acceptors (Lipinski definition) is 2. The third kappa shape index (κ3) is 5.71. The van der Waals surface area contributed by atoms with Crippen LogP contribution in [0.25, 0.3) is 0 Å². The summed E-state index contributed by atoms with van der Waals surface area (Å²) in [7, 11) is 0. The summed E-state index contributed by atoms with van der Waals surface area (Å²) in [4.78, 5) is 11.8. The summed E-state index contributed by atoms with van der Waals surface area (Å²) in [6.45, 7) is 4.73. The molecular weight excluding hydrogens is 236 g/mol. The van der Waals surface area contributed by atoms with E-state index in [1.54, 1.807) is 12.1 Å². The Bertz CT molecular complexity index is 327. The van der Waals surface area contributed by atoms with Gasteiger partial charge in [0, 0.05) is 18.2 Å². The standard InChI is InChI=1S/C13H20N2O.ClH/c1-10(2)8-12(9-14)15-13(16)11-6-4-3-5-7-11;/h3-7,10,12H,8-9,14H2,1-2H3,(H,15,16);1H. The number of nitrogens with one attached hydrogen (secondary N) is 1. The molecule has 1 amide bonds. The van der Waals surface area contributed by atoms with E-state index in [9.17, 15) is 4.79 Å². The third-order valence-electron chi connectivity index (χ3n) is 2.41. The molecule has 1 aromatic rings. The number of nitrogens with two attached hydrogens (primary N) is 1. The first-order valence-electron chi connectivity index (χ1n) is 5.69. The lowest BCUT2D eigenvalue weighted by atomic mass is 10.0. The van der Waals surface area contributed by atoms with E-state index < -0.39 is 0 Å². The van der Waals surface area contributed by atoms with E-state index in [2.05, 4.69) is 19.2 Å². The maximum Gasteiger partial charge on any atom is 0.251 e. The van der Waals surface area contributed by atoms with Gasteiger partial charge in [0.1, 0.15) is 0 Å². The number of carbonyl (C=O) groups is 1. The Balaban J connectivity index is 0.00000256. The first-order valence-corrected chi connectivity index (χ1v) is 5.69. The molecule has 96 valence electrons. The lowest BCUT2D eigenvalue weighted by molar-refractivity contribution is 0.0934. The highest BCUT2D eigenvalue weighted by Crippen LogP contribution is 2.05. The molecule has 0 radical (unpaired) electrons. The predicted octanol–water partition coefficient (Wildman–Crippen LogP) is 2.21. The van der Waals surface area contributed by atoms with E-state index in [1.165, 1.54) is 0 Å². The van der Waals surface area contributed by atoms with Crippen LogP contribution in [0.15, 0.2) is 30.3 Å². The summed E-state index contributed by atoms with van der Waals surface area (Å²) >= 11 is 0. The number of hydrogen-bond donors (Lipinski definition) is 2. The van der Waals surface area contributed by atoms with Gasteiger partial charge in [0.05, 0.1) is 0 Å². The molecule has 0 fully saturated rings. The third-order valence-corrected chi connectivity index (χ3v) is 2.41. The fraction of sp³-hybridized carbons (Fsp3) is 0.462. The maximum atomic E-state index is 11.8. The van der Waals surface area contributed by atoms with E-state index in [1.807, 2.05) is 18.2 Å². The molecule has 1 rings (SSSR count). The van der Waals surface area contributed by atoms with Crippen molar-refractivity contribution in [1.29, 1.82) is 0 Å². The SMILES string of the molecule is CC(C)CC(CN)NC(=O)c1ccccc1.Cl. The van der Waals surface area contributed by atoms with Crippen LogP contribution < -0.4 is 11.1 Å². The molecule has 0 aliphatic rings. The molecule has 3 N–H and O–H groups in total. The van der Waals surface area contributed by atoms with Crippen molar-refractivity contribution in [3.8, 4) is 0 Å². The van der Waals surface area contributed by atoms with Gasteiger partial charge >= 0.3 is 0 Å². The fourth-order valence-corrected chi connectivity index (χ4v) is 1.64. The van der Waals surface area contributed by atoms with Crippen molar-refractivity contribution in [2.75, 3.05) is 6.54 Å². The second-order valence-corrected chi connectivity index (χ2v) is 4.40. The Morgan fingerprint density at radius 1 is 1.29 bits per heavy atom. The Morgan fingerprint density at radius 2 is 1.88 bits per heavy atom. The van der Waals surface area contributed by atoms with Gasteiger partial charge < -0.3 is 11.1 Å². The molecule has 0 saturated carbocycles. The summed E-state index contributed by atoms with van der Waals surface area (Å²) in [5, 5.41) is 2.95. The average molecular weight is 257 g/mol. The minimum atomic E-state index is -0.0447. The average Bonchev–Trinajstić information content (AvgIpc) is 2.28. The molecule has 0 spiro atoms. The van der Waals surface area contributed by atoms with Crippen molar-refractivity contribution in [3.05, 3.63) is 35.9 Å². The highest BCUT2D eigenvalue weighted by Gasteiger charge is 2.13. The van der Waals surface area contributed by atoms with Gasteiger partial charge in [-0.25, -0.2) is 0 Å². The summed E-state index contributed by atoms with van der Waals surface area (Å²) < 4.78 is 0. The van der Waals surface area contributed by atoms with Crippen molar-refractivity contribution in [1.82, 2.24) is 5.32 Å². The quantitative estimate of drug-likeness (QED) is 0.849. The molecule has 3 nitrogen and oxygen atoms in total. The maximum absolute atomic E-state index is 11.8. The minimum Gasteiger partial charge on any atom is -0.348 e. The van der Waals surface area contributed by atoms with Crippen LogP contribution in [0.5, 0.6) is 0 Å². The molecule has 0 saturated heterocycles. The van der Waals surface area contributed by atoms with Crippen molar-refractivity contribution in [3.63, 3.8) is 0 Å². The molecule has 0 bridgehead atoms. The van der Waals surface area contributed by atoms with Gasteiger partial charge in [-0.1, -0.05) is 32.0 Å². The zero-order chi connectivity index (χ0) is 12.0. The smallest absolute Gasteiger partial charge is 0.251 e. The molecule has 0 aromatic heterocycles. The number of halogens is 1. The van der Waals surface area contributed by atoms with E-state index in [0.717, 1.165) is 6.42 Å². The first kappa shape index (κ1) is 15.9. The van der Waals surface area contributed by atoms with Crippen LogP contribution >= 0.6 is 12.4 Å². The number of benzene rings is 1. The monoisotopic (exact) mass is 256 g/mol. The van der Waals surface area contributed by atoms with Gasteiger partial charge in [-0.05, 0) is 24.5 Å². The molecule has 1 atom stereocenters. The van der Waals surface area contributed by atoms with Crippen LogP contribution in [0, 0.1) is 5.92 Å². The Morgan fingerprint density at radius 3 is 2.35 bits per heavy atom. The van der Waals surface area contributed by atoms with Crippen molar-refractivity contribution in [2.45, 2.75) is 26.3 Å². The highest BCUT2D eigenvalue weighted by atomic mass is 35.5. The van der Waals surface area contributed by atoms with Crippen molar-refractivity contribution < 1.29 is 4.79 Å². The largest absolute Gasteiger partial charge is 0.348 e. The summed E-state index contributed by atoms with van der Waals surface area (Å²) in [6.07, 6.45) is 0.912. The zero-order valence-corrected chi connectivity index (χ0v) is 11.2. The van der Waals surface area contributed by atoms with E-state index in [4.69, 9.17) is 5.73 Å². The molecule has 17 heavy (non-hydrogen) atoms. The van der Waals surface area contributed by atoms with Gasteiger partial charge in [-0.15, -0.1) is 12.4 Å². The Labute approximate surface area is 109 Å². The summed E-state index contributed by atoms with van der Waals surface area (Å²) in [6, 6.07) is 9.28.